The molecule has 0 amide bonds. The van der Waals surface area contributed by atoms with Crippen LogP contribution in [-0.4, -0.2) is 62.7 Å². The Balaban J connectivity index is 2.19. The zero-order valence-corrected chi connectivity index (χ0v) is 21.1. The second-order valence-electron chi connectivity index (χ2n) is 9.13. The largest absolute Gasteiger partial charge is 0.469 e. The number of hydrogen-bond donors (Lipinski definition) is 2. The summed E-state index contributed by atoms with van der Waals surface area (Å²) in [6.07, 6.45) is 8.38. The Labute approximate surface area is 201 Å². The van der Waals surface area contributed by atoms with E-state index in [4.69, 9.17) is 14.6 Å². The maximum Gasteiger partial charge on any atom is 0.348 e. The number of aryl methyl sites for hydroxylation is 1. The van der Waals surface area contributed by atoms with Gasteiger partial charge >= 0.3 is 11.9 Å². The first-order valence-electron chi connectivity index (χ1n) is 11.7. The number of nitrogens with zero attached hydrogens (tertiary/aromatic N) is 4. The molecule has 2 aromatic heterocycles. The summed E-state index contributed by atoms with van der Waals surface area (Å²) < 4.78 is 16.1. The minimum atomic E-state index is -1.08. The zero-order chi connectivity index (χ0) is 25.5. The molecule has 0 spiro atoms. The molecule has 0 fully saturated rings. The first-order chi connectivity index (χ1) is 16.1. The van der Waals surface area contributed by atoms with Gasteiger partial charge in [-0.3, -0.25) is 4.79 Å². The van der Waals surface area contributed by atoms with E-state index in [2.05, 4.69) is 21.0 Å². The third kappa shape index (κ3) is 6.66. The summed E-state index contributed by atoms with van der Waals surface area (Å²) in [5.41, 5.74) is -0.621. The second-order valence-corrected chi connectivity index (χ2v) is 9.13. The monoisotopic (exact) mass is 479 g/mol. The molecule has 2 aromatic rings. The maximum absolute atomic E-state index is 12.6. The molecule has 0 aliphatic carbocycles. The number of carbonyl (C=O) groups is 2. The number of aliphatic hydroxyl groups excluding tert-OH is 2. The molecule has 2 heterocycles. The van der Waals surface area contributed by atoms with Crippen LogP contribution in [0.2, 0.25) is 0 Å². The molecule has 0 radical (unpaired) electrons. The van der Waals surface area contributed by atoms with Crippen LogP contribution in [0.15, 0.2) is 24.8 Å². The molecule has 10 nitrogen and oxygen atoms in total. The van der Waals surface area contributed by atoms with E-state index in [1.54, 1.807) is 10.8 Å². The van der Waals surface area contributed by atoms with Gasteiger partial charge in [-0.25, -0.2) is 18.9 Å². The number of hydrogen-bond acceptors (Lipinski definition) is 7. The van der Waals surface area contributed by atoms with E-state index in [1.165, 1.54) is 7.11 Å². The number of ether oxygens (including phenoxy) is 2. The lowest BCUT2D eigenvalue weighted by Crippen LogP contribution is -2.41. The average molecular weight is 480 g/mol. The Morgan fingerprint density at radius 3 is 2.53 bits per heavy atom. The summed E-state index contributed by atoms with van der Waals surface area (Å²) in [6.45, 7) is 9.22. The van der Waals surface area contributed by atoms with Crippen LogP contribution in [0.4, 0.5) is 0 Å². The highest BCUT2D eigenvalue weighted by atomic mass is 16.5. The van der Waals surface area contributed by atoms with E-state index < -0.39 is 24.1 Å². The first kappa shape index (κ1) is 27.5. The van der Waals surface area contributed by atoms with Gasteiger partial charge < -0.3 is 24.3 Å². The molecular formula is C24H39N4O6+. The van der Waals surface area contributed by atoms with Crippen molar-refractivity contribution in [2.45, 2.75) is 78.6 Å². The van der Waals surface area contributed by atoms with Gasteiger partial charge in [0.15, 0.2) is 6.54 Å². The Bertz CT molecular complexity index is 955. The molecular weight excluding hydrogens is 440 g/mol. The lowest BCUT2D eigenvalue weighted by molar-refractivity contribution is -0.691. The van der Waals surface area contributed by atoms with Crippen molar-refractivity contribution >= 4 is 11.9 Å². The van der Waals surface area contributed by atoms with Crippen molar-refractivity contribution in [1.29, 1.82) is 0 Å². The van der Waals surface area contributed by atoms with Crippen molar-refractivity contribution < 1.29 is 33.8 Å². The predicted molar refractivity (Wildman–Crippen MR) is 124 cm³/mol. The van der Waals surface area contributed by atoms with Crippen LogP contribution in [0.3, 0.4) is 0 Å². The number of imidazole rings is 2. The third-order valence-electron chi connectivity index (χ3n) is 6.63. The molecule has 190 valence electrons. The Morgan fingerprint density at radius 1 is 1.26 bits per heavy atom. The summed E-state index contributed by atoms with van der Waals surface area (Å²) in [4.78, 5) is 29.1. The quantitative estimate of drug-likeness (QED) is 0.331. The summed E-state index contributed by atoms with van der Waals surface area (Å²) in [5, 5.41) is 18.2. The van der Waals surface area contributed by atoms with Gasteiger partial charge in [-0.2, -0.15) is 0 Å². The highest BCUT2D eigenvalue weighted by Gasteiger charge is 2.37. The minimum absolute atomic E-state index is 0.00397. The molecule has 0 aromatic carbocycles. The Kier molecular flexibility index (Phi) is 9.81. The van der Waals surface area contributed by atoms with Gasteiger partial charge in [0, 0.05) is 31.8 Å². The van der Waals surface area contributed by atoms with Gasteiger partial charge in [0.05, 0.1) is 25.2 Å². The summed E-state index contributed by atoms with van der Waals surface area (Å²) >= 11 is 0. The average Bonchev–Trinajstić information content (AvgIpc) is 3.41. The van der Waals surface area contributed by atoms with Crippen LogP contribution in [0.5, 0.6) is 0 Å². The van der Waals surface area contributed by atoms with Crippen molar-refractivity contribution in [2.75, 3.05) is 20.3 Å². The van der Waals surface area contributed by atoms with Crippen molar-refractivity contribution in [3.63, 3.8) is 0 Å². The molecule has 0 aliphatic heterocycles. The fraction of sp³-hybridized carbons (Fsp3) is 0.667. The van der Waals surface area contributed by atoms with E-state index >= 15 is 0 Å². The van der Waals surface area contributed by atoms with Crippen LogP contribution in [0, 0.1) is 19.3 Å². The van der Waals surface area contributed by atoms with E-state index in [0.29, 0.717) is 12.8 Å². The van der Waals surface area contributed by atoms with Gasteiger partial charge in [0.2, 0.25) is 0 Å². The lowest BCUT2D eigenvalue weighted by atomic mass is 9.79. The van der Waals surface area contributed by atoms with Crippen molar-refractivity contribution in [1.82, 2.24) is 14.1 Å². The van der Waals surface area contributed by atoms with Gasteiger partial charge in [-0.05, 0) is 33.6 Å². The molecule has 4 atom stereocenters. The third-order valence-corrected chi connectivity index (χ3v) is 6.63. The van der Waals surface area contributed by atoms with Crippen molar-refractivity contribution in [3.05, 3.63) is 36.4 Å². The van der Waals surface area contributed by atoms with E-state index in [-0.39, 0.29) is 31.2 Å². The maximum atomic E-state index is 12.6. The fourth-order valence-corrected chi connectivity index (χ4v) is 4.29. The van der Waals surface area contributed by atoms with Crippen LogP contribution in [0.1, 0.15) is 63.8 Å². The van der Waals surface area contributed by atoms with Gasteiger partial charge in [0.1, 0.15) is 30.9 Å². The first-order valence-corrected chi connectivity index (χ1v) is 11.7. The summed E-state index contributed by atoms with van der Waals surface area (Å²) in [6, 6.07) is 0.0840. The topological polar surface area (TPSA) is 120 Å². The van der Waals surface area contributed by atoms with E-state index in [9.17, 15) is 14.7 Å². The number of aliphatic hydroxyl groups is 2. The van der Waals surface area contributed by atoms with Crippen LogP contribution < -0.4 is 4.57 Å². The molecule has 2 rings (SSSR count). The highest BCUT2D eigenvalue weighted by molar-refractivity contribution is 5.76. The highest BCUT2D eigenvalue weighted by Crippen LogP contribution is 2.37. The molecule has 0 bridgehead atoms. The SMILES string of the molecule is CCC(C)(CC(CC(C)n1cc[n+](CC(=O)OCC(O)CO)c1C)n1ccnc1C)C(=O)OC. The smallest absolute Gasteiger partial charge is 0.348 e. The molecule has 0 saturated carbocycles. The van der Waals surface area contributed by atoms with Crippen LogP contribution in [-0.2, 0) is 25.6 Å². The Hall–Kier alpha value is -2.72. The van der Waals surface area contributed by atoms with Crippen LogP contribution in [0.25, 0.3) is 0 Å². The van der Waals surface area contributed by atoms with Gasteiger partial charge in [-0.15, -0.1) is 0 Å². The van der Waals surface area contributed by atoms with Gasteiger partial charge in [-0.1, -0.05) is 6.92 Å². The molecule has 2 N–H and O–H groups in total. The summed E-state index contributed by atoms with van der Waals surface area (Å²) in [7, 11) is 1.42. The number of rotatable bonds is 13. The second kappa shape index (κ2) is 12.1. The predicted octanol–water partition coefficient (Wildman–Crippen LogP) is 1.66. The lowest BCUT2D eigenvalue weighted by Gasteiger charge is -2.32. The summed E-state index contributed by atoms with van der Waals surface area (Å²) in [5.74, 6) is 1.05. The normalized spacial score (nSPS) is 15.9. The van der Waals surface area contributed by atoms with Gasteiger partial charge in [0.25, 0.3) is 5.82 Å². The number of aromatic nitrogens is 4. The number of esters is 2. The zero-order valence-electron chi connectivity index (χ0n) is 21.1. The number of methoxy groups -OCH3 is 1. The van der Waals surface area contributed by atoms with Crippen molar-refractivity contribution in [2.24, 2.45) is 5.41 Å². The molecule has 0 saturated heterocycles. The van der Waals surface area contributed by atoms with Crippen LogP contribution >= 0.6 is 0 Å². The minimum Gasteiger partial charge on any atom is -0.469 e. The molecule has 10 heteroatoms. The number of carbonyl (C=O) groups excluding carboxylic acids is 2. The molecule has 34 heavy (non-hydrogen) atoms. The standard InChI is InChI=1S/C24H39N4O6/c1-7-24(5,23(32)33-6)13-20(28-9-8-25-18(28)3)12-17(2)27-11-10-26(19(27)4)14-22(31)34-16-21(30)15-29/h8-11,17,20-21,29-30H,7,12-16H2,1-6H3/q+1. The van der Waals surface area contributed by atoms with Crippen molar-refractivity contribution in [3.8, 4) is 0 Å². The molecule has 0 aliphatic rings. The Morgan fingerprint density at radius 2 is 1.97 bits per heavy atom. The molecule has 4 unspecified atom stereocenters. The van der Waals surface area contributed by atoms with E-state index in [1.807, 2.05) is 46.3 Å². The fourth-order valence-electron chi connectivity index (χ4n) is 4.29. The van der Waals surface area contributed by atoms with E-state index in [0.717, 1.165) is 18.1 Å².